The van der Waals surface area contributed by atoms with Crippen molar-refractivity contribution in [2.75, 3.05) is 13.1 Å². The van der Waals surface area contributed by atoms with Gasteiger partial charge in [-0.15, -0.1) is 0 Å². The molecule has 18 heavy (non-hydrogen) atoms. The minimum absolute atomic E-state index is 0.451. The van der Waals surface area contributed by atoms with Crippen LogP contribution in [0.3, 0.4) is 0 Å². The van der Waals surface area contributed by atoms with Crippen LogP contribution in [0.15, 0.2) is 0 Å². The van der Waals surface area contributed by atoms with Crippen LogP contribution in [0, 0.1) is 5.92 Å². The van der Waals surface area contributed by atoms with E-state index in [1.807, 2.05) is 0 Å². The van der Waals surface area contributed by atoms with Gasteiger partial charge >= 0.3 is 0 Å². The van der Waals surface area contributed by atoms with Crippen molar-refractivity contribution in [3.8, 4) is 0 Å². The highest BCUT2D eigenvalue weighted by Crippen LogP contribution is 2.34. The Bertz CT molecular complexity index is 256. The molecular weight excluding hydrogens is 220 g/mol. The molecule has 0 aromatic rings. The van der Waals surface area contributed by atoms with Gasteiger partial charge in [0, 0.05) is 30.7 Å². The molecule has 1 aliphatic carbocycles. The van der Waals surface area contributed by atoms with Crippen molar-refractivity contribution in [3.63, 3.8) is 0 Å². The van der Waals surface area contributed by atoms with E-state index < -0.39 is 0 Å². The van der Waals surface area contributed by atoms with Gasteiger partial charge in [0.05, 0.1) is 0 Å². The molecule has 0 aromatic heterocycles. The molecule has 1 spiro atoms. The van der Waals surface area contributed by atoms with Crippen molar-refractivity contribution in [1.82, 2.24) is 10.2 Å². The highest BCUT2D eigenvalue weighted by atomic mass is 15.3. The predicted octanol–water partition coefficient (Wildman–Crippen LogP) is 3.42. The van der Waals surface area contributed by atoms with Crippen LogP contribution in [0.5, 0.6) is 0 Å². The van der Waals surface area contributed by atoms with Crippen LogP contribution in [-0.2, 0) is 0 Å². The Kier molecular flexibility index (Phi) is 4.71. The standard InChI is InChI=1S/C16H32N2/c1-5-14(4)18-12-16(9-7-6-8-10-16)17-11-15(18)13(2)3/h13-15,17H,5-12H2,1-4H3. The Labute approximate surface area is 114 Å². The van der Waals surface area contributed by atoms with Crippen molar-refractivity contribution in [3.05, 3.63) is 0 Å². The zero-order valence-electron chi connectivity index (χ0n) is 12.8. The average Bonchev–Trinajstić information content (AvgIpc) is 2.38. The van der Waals surface area contributed by atoms with Gasteiger partial charge in [-0.05, 0) is 32.1 Å². The summed E-state index contributed by atoms with van der Waals surface area (Å²) in [5.74, 6) is 0.757. The summed E-state index contributed by atoms with van der Waals surface area (Å²) in [6.07, 6.45) is 8.36. The van der Waals surface area contributed by atoms with Gasteiger partial charge in [-0.3, -0.25) is 4.90 Å². The normalized spacial score (nSPS) is 30.8. The first-order chi connectivity index (χ1) is 8.58. The molecule has 1 saturated heterocycles. The highest BCUT2D eigenvalue weighted by Gasteiger charge is 2.41. The average molecular weight is 252 g/mol. The number of nitrogens with zero attached hydrogens (tertiary/aromatic N) is 1. The molecule has 2 fully saturated rings. The van der Waals surface area contributed by atoms with Gasteiger partial charge < -0.3 is 5.32 Å². The van der Waals surface area contributed by atoms with Crippen LogP contribution < -0.4 is 5.32 Å². The number of nitrogens with one attached hydrogen (secondary N) is 1. The van der Waals surface area contributed by atoms with Crippen molar-refractivity contribution in [2.24, 2.45) is 5.92 Å². The maximum absolute atomic E-state index is 3.93. The lowest BCUT2D eigenvalue weighted by molar-refractivity contribution is 0.00994. The fourth-order valence-corrected chi connectivity index (χ4v) is 3.86. The molecule has 1 N–H and O–H groups in total. The quantitative estimate of drug-likeness (QED) is 0.828. The minimum Gasteiger partial charge on any atom is -0.308 e. The monoisotopic (exact) mass is 252 g/mol. The lowest BCUT2D eigenvalue weighted by Crippen LogP contribution is -2.67. The first kappa shape index (κ1) is 14.3. The molecule has 1 saturated carbocycles. The number of piperazine rings is 1. The van der Waals surface area contributed by atoms with Crippen LogP contribution in [-0.4, -0.2) is 35.6 Å². The Morgan fingerprint density at radius 3 is 2.39 bits per heavy atom. The second kappa shape index (κ2) is 5.92. The summed E-state index contributed by atoms with van der Waals surface area (Å²) in [5.41, 5.74) is 0.451. The summed E-state index contributed by atoms with van der Waals surface area (Å²) >= 11 is 0. The molecule has 1 aliphatic heterocycles. The maximum Gasteiger partial charge on any atom is 0.0309 e. The molecule has 1 heterocycles. The molecule has 0 aromatic carbocycles. The first-order valence-electron chi connectivity index (χ1n) is 8.09. The zero-order valence-corrected chi connectivity index (χ0v) is 12.8. The van der Waals surface area contributed by atoms with Crippen molar-refractivity contribution in [2.45, 2.75) is 83.8 Å². The third kappa shape index (κ3) is 2.91. The fraction of sp³-hybridized carbons (Fsp3) is 1.00. The van der Waals surface area contributed by atoms with Crippen LogP contribution in [0.1, 0.15) is 66.2 Å². The van der Waals surface area contributed by atoms with E-state index in [1.165, 1.54) is 51.6 Å². The lowest BCUT2D eigenvalue weighted by Gasteiger charge is -2.52. The van der Waals surface area contributed by atoms with Gasteiger partial charge in [0.1, 0.15) is 0 Å². The van der Waals surface area contributed by atoms with Crippen molar-refractivity contribution in [1.29, 1.82) is 0 Å². The Hall–Kier alpha value is -0.0800. The predicted molar refractivity (Wildman–Crippen MR) is 78.9 cm³/mol. The summed E-state index contributed by atoms with van der Waals surface area (Å²) < 4.78 is 0. The Morgan fingerprint density at radius 1 is 1.17 bits per heavy atom. The molecule has 0 radical (unpaired) electrons. The van der Waals surface area contributed by atoms with Crippen molar-refractivity contribution < 1.29 is 0 Å². The van der Waals surface area contributed by atoms with Gasteiger partial charge in [-0.1, -0.05) is 40.0 Å². The summed E-state index contributed by atoms with van der Waals surface area (Å²) in [4.78, 5) is 2.81. The largest absolute Gasteiger partial charge is 0.308 e. The second-order valence-electron chi connectivity index (χ2n) is 6.96. The molecule has 0 bridgehead atoms. The smallest absolute Gasteiger partial charge is 0.0309 e. The molecule has 2 aliphatic rings. The SMILES string of the molecule is CCC(C)N1CC2(CCCCC2)NCC1C(C)C. The highest BCUT2D eigenvalue weighted by molar-refractivity contribution is 5.01. The fourth-order valence-electron chi connectivity index (χ4n) is 3.86. The Morgan fingerprint density at radius 2 is 1.83 bits per heavy atom. The Balaban J connectivity index is 2.09. The summed E-state index contributed by atoms with van der Waals surface area (Å²) in [7, 11) is 0. The molecule has 106 valence electrons. The third-order valence-electron chi connectivity index (χ3n) is 5.33. The van der Waals surface area contributed by atoms with Gasteiger partial charge in [0.15, 0.2) is 0 Å². The van der Waals surface area contributed by atoms with E-state index in [9.17, 15) is 0 Å². The molecule has 2 nitrogen and oxygen atoms in total. The lowest BCUT2D eigenvalue weighted by atomic mass is 9.78. The molecule has 2 rings (SSSR count). The maximum atomic E-state index is 3.93. The van der Waals surface area contributed by atoms with Gasteiger partial charge in [-0.25, -0.2) is 0 Å². The van der Waals surface area contributed by atoms with Crippen LogP contribution in [0.2, 0.25) is 0 Å². The first-order valence-corrected chi connectivity index (χ1v) is 8.09. The van der Waals surface area contributed by atoms with Crippen LogP contribution >= 0.6 is 0 Å². The van der Waals surface area contributed by atoms with E-state index in [2.05, 4.69) is 37.9 Å². The summed E-state index contributed by atoms with van der Waals surface area (Å²) in [6.45, 7) is 12.0. The van der Waals surface area contributed by atoms with Crippen LogP contribution in [0.25, 0.3) is 0 Å². The summed E-state index contributed by atoms with van der Waals surface area (Å²) in [5, 5.41) is 3.93. The molecule has 2 heteroatoms. The number of hydrogen-bond acceptors (Lipinski definition) is 2. The van der Waals surface area contributed by atoms with Gasteiger partial charge in [-0.2, -0.15) is 0 Å². The second-order valence-corrected chi connectivity index (χ2v) is 6.96. The van der Waals surface area contributed by atoms with E-state index in [1.54, 1.807) is 0 Å². The van der Waals surface area contributed by atoms with E-state index in [4.69, 9.17) is 0 Å². The minimum atomic E-state index is 0.451. The molecule has 2 atom stereocenters. The molecule has 0 amide bonds. The third-order valence-corrected chi connectivity index (χ3v) is 5.33. The van der Waals surface area contributed by atoms with E-state index in [0.717, 1.165) is 18.0 Å². The van der Waals surface area contributed by atoms with E-state index in [-0.39, 0.29) is 0 Å². The molecular formula is C16H32N2. The van der Waals surface area contributed by atoms with Gasteiger partial charge in [0.2, 0.25) is 0 Å². The van der Waals surface area contributed by atoms with E-state index >= 15 is 0 Å². The number of rotatable bonds is 3. The van der Waals surface area contributed by atoms with Crippen molar-refractivity contribution >= 4 is 0 Å². The zero-order chi connectivity index (χ0) is 13.2. The van der Waals surface area contributed by atoms with E-state index in [0.29, 0.717) is 5.54 Å². The number of hydrogen-bond donors (Lipinski definition) is 1. The molecule has 2 unspecified atom stereocenters. The summed E-state index contributed by atoms with van der Waals surface area (Å²) in [6, 6.07) is 1.46. The topological polar surface area (TPSA) is 15.3 Å². The van der Waals surface area contributed by atoms with Crippen LogP contribution in [0.4, 0.5) is 0 Å². The van der Waals surface area contributed by atoms with Gasteiger partial charge in [0.25, 0.3) is 0 Å².